The molecular weight excluding hydrogens is 409 g/mol. The third kappa shape index (κ3) is 4.38. The number of aryl methyl sites for hydroxylation is 2. The second kappa shape index (κ2) is 7.68. The fourth-order valence-corrected chi connectivity index (χ4v) is 3.18. The van der Waals surface area contributed by atoms with Gasteiger partial charge in [0.1, 0.15) is 5.75 Å². The first kappa shape index (κ1) is 21.1. The number of ether oxygens (including phenoxy) is 1. The lowest BCUT2D eigenvalue weighted by molar-refractivity contribution is -0.302. The number of nitrogens with zero attached hydrogens (tertiary/aromatic N) is 2. The van der Waals surface area contributed by atoms with Gasteiger partial charge in [-0.05, 0) is 54.8 Å². The van der Waals surface area contributed by atoms with Crippen molar-refractivity contribution in [2.75, 3.05) is 6.61 Å². The molecule has 3 rings (SSSR count). The van der Waals surface area contributed by atoms with Crippen LogP contribution in [0, 0.1) is 13.8 Å². The molecule has 0 aromatic heterocycles. The van der Waals surface area contributed by atoms with Gasteiger partial charge in [0.15, 0.2) is 6.61 Å². The first-order valence-electron chi connectivity index (χ1n) is 8.66. The van der Waals surface area contributed by atoms with Crippen molar-refractivity contribution in [3.05, 3.63) is 64.2 Å². The molecule has 154 valence electrons. The highest BCUT2D eigenvalue weighted by Gasteiger charge is 2.63. The molecule has 0 bridgehead atoms. The Hall–Kier alpha value is -2.58. The molecule has 0 saturated carbocycles. The first-order chi connectivity index (χ1) is 13.5. The third-order valence-electron chi connectivity index (χ3n) is 4.41. The Labute approximate surface area is 170 Å². The molecule has 0 saturated heterocycles. The molecule has 2 aromatic carbocycles. The number of carbonyl (C=O) groups is 1. The molecule has 5 nitrogen and oxygen atoms in total. The quantitative estimate of drug-likeness (QED) is 0.796. The highest BCUT2D eigenvalue weighted by Crippen LogP contribution is 2.41. The van der Waals surface area contributed by atoms with Crippen LogP contribution >= 0.6 is 11.6 Å². The Morgan fingerprint density at radius 2 is 1.79 bits per heavy atom. The van der Waals surface area contributed by atoms with Gasteiger partial charge in [0.05, 0.1) is 12.1 Å². The summed E-state index contributed by atoms with van der Waals surface area (Å²) >= 11 is 5.80. The molecule has 1 aliphatic rings. The van der Waals surface area contributed by atoms with E-state index in [1.807, 2.05) is 19.9 Å². The molecule has 2 aromatic rings. The first-order valence-corrected chi connectivity index (χ1v) is 9.04. The third-order valence-corrected chi connectivity index (χ3v) is 4.66. The zero-order valence-corrected chi connectivity index (χ0v) is 16.4. The molecule has 1 atom stereocenters. The number of halogens is 4. The molecule has 0 aliphatic carbocycles. The van der Waals surface area contributed by atoms with Crippen molar-refractivity contribution in [2.45, 2.75) is 32.2 Å². The number of hydrogen-bond donors (Lipinski definition) is 1. The van der Waals surface area contributed by atoms with Crippen molar-refractivity contribution in [3.8, 4) is 5.75 Å². The van der Waals surface area contributed by atoms with E-state index in [2.05, 4.69) is 5.10 Å². The van der Waals surface area contributed by atoms with Crippen LogP contribution in [0.15, 0.2) is 47.6 Å². The minimum absolute atomic E-state index is 0.0552. The van der Waals surface area contributed by atoms with Crippen molar-refractivity contribution >= 4 is 23.2 Å². The van der Waals surface area contributed by atoms with E-state index in [0.29, 0.717) is 16.3 Å². The second-order valence-electron chi connectivity index (χ2n) is 6.86. The fourth-order valence-electron chi connectivity index (χ4n) is 3.05. The van der Waals surface area contributed by atoms with Gasteiger partial charge in [0.25, 0.3) is 11.6 Å². The molecule has 29 heavy (non-hydrogen) atoms. The number of alkyl halides is 3. The lowest BCUT2D eigenvalue weighted by atomic mass is 10.0. The molecule has 1 heterocycles. The summed E-state index contributed by atoms with van der Waals surface area (Å²) in [6.07, 6.45) is -6.01. The van der Waals surface area contributed by atoms with Gasteiger partial charge in [-0.3, -0.25) is 4.79 Å². The fraction of sp³-hybridized carbons (Fsp3) is 0.300. The molecule has 1 N–H and O–H groups in total. The number of amides is 1. The van der Waals surface area contributed by atoms with Crippen LogP contribution in [-0.4, -0.2) is 40.2 Å². The summed E-state index contributed by atoms with van der Waals surface area (Å²) in [5.41, 5.74) is -1.46. The Morgan fingerprint density at radius 3 is 2.34 bits per heavy atom. The normalized spacial score (nSPS) is 19.3. The van der Waals surface area contributed by atoms with Crippen LogP contribution in [0.5, 0.6) is 5.75 Å². The summed E-state index contributed by atoms with van der Waals surface area (Å²) in [5.74, 6) is -0.777. The van der Waals surface area contributed by atoms with E-state index in [1.54, 1.807) is 12.1 Å². The van der Waals surface area contributed by atoms with Gasteiger partial charge in [-0.15, -0.1) is 0 Å². The van der Waals surface area contributed by atoms with Gasteiger partial charge in [0.2, 0.25) is 0 Å². The van der Waals surface area contributed by atoms with Crippen molar-refractivity contribution in [1.82, 2.24) is 5.01 Å². The number of carbonyl (C=O) groups excluding carboxylic acids is 1. The van der Waals surface area contributed by atoms with Crippen LogP contribution in [0.25, 0.3) is 0 Å². The predicted octanol–water partition coefficient (Wildman–Crippen LogP) is 4.22. The molecule has 0 radical (unpaired) electrons. The standard InChI is InChI=1S/C20H18ClF3N2O3/c1-12-7-13(2)9-16(8-12)29-11-18(27)26-19(28,20(22,23)24)10-17(25-26)14-3-5-15(21)6-4-14/h3-9,28H,10-11H2,1-2H3. The number of aliphatic hydroxyl groups is 1. The van der Waals surface area contributed by atoms with E-state index in [0.717, 1.165) is 11.1 Å². The van der Waals surface area contributed by atoms with Crippen LogP contribution in [-0.2, 0) is 4.79 Å². The smallest absolute Gasteiger partial charge is 0.438 e. The molecule has 0 spiro atoms. The van der Waals surface area contributed by atoms with Gasteiger partial charge < -0.3 is 9.84 Å². The topological polar surface area (TPSA) is 62.1 Å². The van der Waals surface area contributed by atoms with Gasteiger partial charge in [-0.1, -0.05) is 29.8 Å². The lowest BCUT2D eigenvalue weighted by Gasteiger charge is -2.32. The van der Waals surface area contributed by atoms with Gasteiger partial charge in [0, 0.05) is 5.02 Å². The summed E-state index contributed by atoms with van der Waals surface area (Å²) < 4.78 is 46.1. The Kier molecular flexibility index (Phi) is 5.60. The van der Waals surface area contributed by atoms with E-state index in [4.69, 9.17) is 16.3 Å². The molecule has 1 amide bonds. The zero-order valence-electron chi connectivity index (χ0n) is 15.6. The maximum Gasteiger partial charge on any atom is 0.438 e. The van der Waals surface area contributed by atoms with Crippen LogP contribution < -0.4 is 4.74 Å². The molecule has 1 unspecified atom stereocenters. The highest BCUT2D eigenvalue weighted by molar-refractivity contribution is 6.30. The molecular formula is C20H18ClF3N2O3. The van der Waals surface area contributed by atoms with Crippen molar-refractivity contribution in [1.29, 1.82) is 0 Å². The number of hydrazone groups is 1. The summed E-state index contributed by atoms with van der Waals surface area (Å²) in [5, 5.41) is 14.5. The number of rotatable bonds is 4. The molecule has 0 fully saturated rings. The van der Waals surface area contributed by atoms with Gasteiger partial charge >= 0.3 is 6.18 Å². The van der Waals surface area contributed by atoms with Crippen molar-refractivity contribution in [2.24, 2.45) is 5.10 Å². The minimum atomic E-state index is -5.11. The monoisotopic (exact) mass is 426 g/mol. The zero-order chi connectivity index (χ0) is 21.4. The van der Waals surface area contributed by atoms with Crippen LogP contribution in [0.3, 0.4) is 0 Å². The van der Waals surface area contributed by atoms with Gasteiger partial charge in [-0.2, -0.15) is 23.3 Å². The summed E-state index contributed by atoms with van der Waals surface area (Å²) in [6, 6.07) is 11.1. The highest BCUT2D eigenvalue weighted by atomic mass is 35.5. The largest absolute Gasteiger partial charge is 0.484 e. The SMILES string of the molecule is Cc1cc(C)cc(OCC(=O)N2N=C(c3ccc(Cl)cc3)CC2(O)C(F)(F)F)c1. The van der Waals surface area contributed by atoms with Gasteiger partial charge in [-0.25, -0.2) is 0 Å². The van der Waals surface area contributed by atoms with E-state index < -0.39 is 30.8 Å². The number of hydrogen-bond acceptors (Lipinski definition) is 4. The Balaban J connectivity index is 1.85. The average molecular weight is 427 g/mol. The average Bonchev–Trinajstić information content (AvgIpc) is 2.98. The summed E-state index contributed by atoms with van der Waals surface area (Å²) in [4.78, 5) is 12.5. The summed E-state index contributed by atoms with van der Waals surface area (Å²) in [7, 11) is 0. The predicted molar refractivity (Wildman–Crippen MR) is 102 cm³/mol. The Morgan fingerprint density at radius 1 is 1.21 bits per heavy atom. The maximum absolute atomic E-state index is 13.6. The van der Waals surface area contributed by atoms with E-state index in [9.17, 15) is 23.1 Å². The summed E-state index contributed by atoms with van der Waals surface area (Å²) in [6.45, 7) is 2.94. The van der Waals surface area contributed by atoms with E-state index in [-0.39, 0.29) is 10.7 Å². The number of benzene rings is 2. The minimum Gasteiger partial charge on any atom is -0.484 e. The lowest BCUT2D eigenvalue weighted by Crippen LogP contribution is -2.57. The maximum atomic E-state index is 13.6. The van der Waals surface area contributed by atoms with Crippen molar-refractivity contribution in [3.63, 3.8) is 0 Å². The van der Waals surface area contributed by atoms with Crippen LogP contribution in [0.4, 0.5) is 13.2 Å². The van der Waals surface area contributed by atoms with Crippen molar-refractivity contribution < 1.29 is 27.8 Å². The molecule has 9 heteroatoms. The van der Waals surface area contributed by atoms with Crippen LogP contribution in [0.2, 0.25) is 5.02 Å². The van der Waals surface area contributed by atoms with Crippen LogP contribution in [0.1, 0.15) is 23.1 Å². The van der Waals surface area contributed by atoms with E-state index in [1.165, 1.54) is 24.3 Å². The molecule has 1 aliphatic heterocycles. The second-order valence-corrected chi connectivity index (χ2v) is 7.30. The van der Waals surface area contributed by atoms with E-state index >= 15 is 0 Å². The Bertz CT molecular complexity index is 940.